The molecule has 1 atom stereocenters. The number of nitrogens with one attached hydrogen (secondary N) is 2. The molecule has 1 unspecified atom stereocenters. The van der Waals surface area contributed by atoms with Crippen LogP contribution in [0.4, 0.5) is 0 Å². The number of carbonyl (C=O) groups excluding carboxylic acids is 1. The predicted molar refractivity (Wildman–Crippen MR) is 113 cm³/mol. The highest BCUT2D eigenvalue weighted by Gasteiger charge is 2.36. The summed E-state index contributed by atoms with van der Waals surface area (Å²) >= 11 is 0. The lowest BCUT2D eigenvalue weighted by atomic mass is 9.72. The summed E-state index contributed by atoms with van der Waals surface area (Å²) < 4.78 is 5.66. The maximum Gasteiger partial charge on any atom is 0.222 e. The molecule has 0 saturated carbocycles. The Morgan fingerprint density at radius 1 is 1.32 bits per heavy atom. The number of amides is 1. The first kappa shape index (κ1) is 20.6. The van der Waals surface area contributed by atoms with Crippen LogP contribution >= 0.6 is 0 Å². The second-order valence-corrected chi connectivity index (χ2v) is 7.96. The van der Waals surface area contributed by atoms with Gasteiger partial charge in [0.15, 0.2) is 5.96 Å². The number of rotatable bonds is 5. The van der Waals surface area contributed by atoms with E-state index in [9.17, 15) is 4.79 Å². The number of nitrogens with zero attached hydrogens (tertiary/aromatic N) is 2. The molecule has 0 aliphatic carbocycles. The van der Waals surface area contributed by atoms with Gasteiger partial charge in [0.05, 0.1) is 0 Å². The fraction of sp³-hybridized carbons (Fsp3) is 0.636. The monoisotopic (exact) mass is 386 g/mol. The first-order chi connectivity index (χ1) is 13.6. The zero-order valence-corrected chi connectivity index (χ0v) is 17.5. The van der Waals surface area contributed by atoms with E-state index in [0.29, 0.717) is 6.42 Å². The van der Waals surface area contributed by atoms with Gasteiger partial charge in [0.1, 0.15) is 0 Å². The first-order valence-electron chi connectivity index (χ1n) is 10.5. The number of aliphatic imine (C=N–C) groups is 1. The van der Waals surface area contributed by atoms with Crippen molar-refractivity contribution in [1.29, 1.82) is 0 Å². The van der Waals surface area contributed by atoms with Crippen LogP contribution in [0.3, 0.4) is 0 Å². The first-order valence-corrected chi connectivity index (χ1v) is 10.5. The topological polar surface area (TPSA) is 66.0 Å². The molecular weight excluding hydrogens is 352 g/mol. The van der Waals surface area contributed by atoms with Crippen LogP contribution in [0.25, 0.3) is 0 Å². The number of hydrogen-bond donors (Lipinski definition) is 2. The van der Waals surface area contributed by atoms with Crippen molar-refractivity contribution < 1.29 is 9.53 Å². The van der Waals surface area contributed by atoms with Gasteiger partial charge >= 0.3 is 0 Å². The summed E-state index contributed by atoms with van der Waals surface area (Å²) in [5, 5.41) is 7.08. The van der Waals surface area contributed by atoms with Crippen molar-refractivity contribution in [3.8, 4) is 0 Å². The van der Waals surface area contributed by atoms with Crippen molar-refractivity contribution >= 4 is 11.9 Å². The van der Waals surface area contributed by atoms with Crippen LogP contribution < -0.4 is 10.6 Å². The van der Waals surface area contributed by atoms with Crippen molar-refractivity contribution in [2.75, 3.05) is 39.9 Å². The highest BCUT2D eigenvalue weighted by Crippen LogP contribution is 2.36. The quantitative estimate of drug-likeness (QED) is 0.602. The molecule has 6 heteroatoms. The molecule has 0 aromatic heterocycles. The van der Waals surface area contributed by atoms with Crippen molar-refractivity contribution in [3.05, 3.63) is 35.4 Å². The summed E-state index contributed by atoms with van der Waals surface area (Å²) in [6.45, 7) is 8.10. The Balaban J connectivity index is 1.64. The van der Waals surface area contributed by atoms with Gasteiger partial charge in [-0.3, -0.25) is 9.79 Å². The van der Waals surface area contributed by atoms with Gasteiger partial charge in [-0.25, -0.2) is 0 Å². The Kier molecular flexibility index (Phi) is 6.94. The SMILES string of the molecule is CCC(=O)N1CCC(NC(=NC)NCC2(c3ccccc3C)CCOCC2)C1. The average Bonchev–Trinajstić information content (AvgIpc) is 3.20. The number of carbonyl (C=O) groups is 1. The number of ether oxygens (including phenoxy) is 1. The Morgan fingerprint density at radius 2 is 2.07 bits per heavy atom. The summed E-state index contributed by atoms with van der Waals surface area (Å²) in [5.74, 6) is 1.04. The van der Waals surface area contributed by atoms with E-state index in [1.165, 1.54) is 11.1 Å². The Labute approximate surface area is 168 Å². The van der Waals surface area contributed by atoms with Crippen LogP contribution in [-0.4, -0.2) is 62.7 Å². The van der Waals surface area contributed by atoms with E-state index >= 15 is 0 Å². The van der Waals surface area contributed by atoms with Crippen molar-refractivity contribution in [1.82, 2.24) is 15.5 Å². The summed E-state index contributed by atoms with van der Waals surface area (Å²) in [7, 11) is 1.81. The molecule has 2 aliphatic rings. The van der Waals surface area contributed by atoms with Crippen LogP contribution in [0, 0.1) is 6.92 Å². The van der Waals surface area contributed by atoms with Gasteiger partial charge in [-0.2, -0.15) is 0 Å². The van der Waals surface area contributed by atoms with Crippen molar-refractivity contribution in [2.45, 2.75) is 51.0 Å². The summed E-state index contributed by atoms with van der Waals surface area (Å²) in [6, 6.07) is 8.93. The molecule has 28 heavy (non-hydrogen) atoms. The number of likely N-dealkylation sites (tertiary alicyclic amines) is 1. The Hall–Kier alpha value is -2.08. The zero-order chi connectivity index (χ0) is 20.0. The summed E-state index contributed by atoms with van der Waals surface area (Å²) in [5.41, 5.74) is 2.79. The minimum Gasteiger partial charge on any atom is -0.381 e. The highest BCUT2D eigenvalue weighted by atomic mass is 16.5. The van der Waals surface area contributed by atoms with E-state index < -0.39 is 0 Å². The van der Waals surface area contributed by atoms with Gasteiger partial charge in [0, 0.05) is 57.8 Å². The lowest BCUT2D eigenvalue weighted by molar-refractivity contribution is -0.129. The highest BCUT2D eigenvalue weighted by molar-refractivity contribution is 5.80. The van der Waals surface area contributed by atoms with Crippen LogP contribution in [0.5, 0.6) is 0 Å². The lowest BCUT2D eigenvalue weighted by Crippen LogP contribution is -2.50. The minimum absolute atomic E-state index is 0.0566. The largest absolute Gasteiger partial charge is 0.381 e. The van der Waals surface area contributed by atoms with E-state index in [4.69, 9.17) is 4.74 Å². The molecule has 2 N–H and O–H groups in total. The number of guanidine groups is 1. The fourth-order valence-corrected chi connectivity index (χ4v) is 4.44. The predicted octanol–water partition coefficient (Wildman–Crippen LogP) is 2.22. The van der Waals surface area contributed by atoms with Gasteiger partial charge in [0.25, 0.3) is 0 Å². The number of benzene rings is 1. The van der Waals surface area contributed by atoms with E-state index in [-0.39, 0.29) is 17.4 Å². The molecule has 2 heterocycles. The fourth-order valence-electron chi connectivity index (χ4n) is 4.44. The maximum atomic E-state index is 11.9. The normalized spacial score (nSPS) is 22.2. The summed E-state index contributed by atoms with van der Waals surface area (Å²) in [6.07, 6.45) is 3.54. The van der Waals surface area contributed by atoms with Crippen molar-refractivity contribution in [3.63, 3.8) is 0 Å². The van der Waals surface area contributed by atoms with Gasteiger partial charge < -0.3 is 20.3 Å². The van der Waals surface area contributed by atoms with Crippen LogP contribution in [0.15, 0.2) is 29.3 Å². The third kappa shape index (κ3) is 4.66. The molecule has 2 fully saturated rings. The van der Waals surface area contributed by atoms with E-state index in [2.05, 4.69) is 46.8 Å². The van der Waals surface area contributed by atoms with Gasteiger partial charge in [0.2, 0.25) is 5.91 Å². The third-order valence-electron chi connectivity index (χ3n) is 6.17. The van der Waals surface area contributed by atoms with E-state index in [0.717, 1.165) is 58.1 Å². The standard InChI is InChI=1S/C22H34N4O2/c1-4-20(27)26-12-9-18(15-26)25-21(23-3)24-16-22(10-13-28-14-11-22)19-8-6-5-7-17(19)2/h5-8,18H,4,9-16H2,1-3H3,(H2,23,24,25). The maximum absolute atomic E-state index is 11.9. The average molecular weight is 387 g/mol. The van der Waals surface area contributed by atoms with E-state index in [1.807, 2.05) is 18.9 Å². The molecule has 6 nitrogen and oxygen atoms in total. The molecule has 0 radical (unpaired) electrons. The summed E-state index contributed by atoms with van der Waals surface area (Å²) in [4.78, 5) is 18.3. The Morgan fingerprint density at radius 3 is 2.75 bits per heavy atom. The molecule has 1 amide bonds. The van der Waals surface area contributed by atoms with Gasteiger partial charge in [-0.15, -0.1) is 0 Å². The zero-order valence-electron chi connectivity index (χ0n) is 17.5. The molecule has 0 bridgehead atoms. The van der Waals surface area contributed by atoms with Gasteiger partial charge in [-0.05, 0) is 37.3 Å². The molecule has 2 aliphatic heterocycles. The van der Waals surface area contributed by atoms with Crippen LogP contribution in [-0.2, 0) is 14.9 Å². The smallest absolute Gasteiger partial charge is 0.222 e. The van der Waals surface area contributed by atoms with Crippen molar-refractivity contribution in [2.24, 2.45) is 4.99 Å². The number of hydrogen-bond acceptors (Lipinski definition) is 3. The molecule has 1 aromatic carbocycles. The molecular formula is C22H34N4O2. The van der Waals surface area contributed by atoms with Crippen LogP contribution in [0.2, 0.25) is 0 Å². The van der Waals surface area contributed by atoms with E-state index in [1.54, 1.807) is 0 Å². The minimum atomic E-state index is 0.0566. The molecule has 154 valence electrons. The lowest BCUT2D eigenvalue weighted by Gasteiger charge is -2.39. The molecule has 3 rings (SSSR count). The second-order valence-electron chi connectivity index (χ2n) is 7.96. The molecule has 2 saturated heterocycles. The van der Waals surface area contributed by atoms with Crippen LogP contribution in [0.1, 0.15) is 43.7 Å². The Bertz CT molecular complexity index is 698. The third-order valence-corrected chi connectivity index (χ3v) is 6.17. The van der Waals surface area contributed by atoms with Gasteiger partial charge in [-0.1, -0.05) is 31.2 Å². The number of aryl methyl sites for hydroxylation is 1. The molecule has 0 spiro atoms. The second kappa shape index (κ2) is 9.41. The molecule has 1 aromatic rings.